The normalized spacial score (nSPS) is 14.9. The number of carbonyl (C=O) groups excluding carboxylic acids is 1. The van der Waals surface area contributed by atoms with Crippen LogP contribution in [0.3, 0.4) is 0 Å². The number of rotatable bonds is 7. The van der Waals surface area contributed by atoms with E-state index >= 15 is 0 Å². The van der Waals surface area contributed by atoms with Crippen LogP contribution in [0.25, 0.3) is 0 Å². The molecule has 0 radical (unpaired) electrons. The van der Waals surface area contributed by atoms with Crippen molar-refractivity contribution in [3.05, 3.63) is 24.0 Å². The number of aliphatic hydroxyl groups is 1. The van der Waals surface area contributed by atoms with Crippen molar-refractivity contribution in [3.8, 4) is 0 Å². The molecule has 0 saturated heterocycles. The van der Waals surface area contributed by atoms with Gasteiger partial charge in [-0.2, -0.15) is 0 Å². The lowest BCUT2D eigenvalue weighted by atomic mass is 10.2. The molecule has 1 amide bonds. The Morgan fingerprint density at radius 3 is 2.94 bits per heavy atom. The van der Waals surface area contributed by atoms with E-state index in [1.807, 2.05) is 18.3 Å². The predicted molar refractivity (Wildman–Crippen MR) is 66.0 cm³/mol. The Balaban J connectivity index is 1.76. The van der Waals surface area contributed by atoms with Crippen LogP contribution in [0.5, 0.6) is 0 Å². The fourth-order valence-corrected chi connectivity index (χ4v) is 1.96. The highest BCUT2D eigenvalue weighted by Gasteiger charge is 2.26. The molecular formula is C13H20N2O2. The molecule has 2 rings (SSSR count). The maximum absolute atomic E-state index is 11.9. The van der Waals surface area contributed by atoms with E-state index in [2.05, 4.69) is 9.88 Å². The Bertz CT molecular complexity index is 369. The van der Waals surface area contributed by atoms with Crippen LogP contribution >= 0.6 is 0 Å². The van der Waals surface area contributed by atoms with E-state index < -0.39 is 0 Å². The molecule has 0 aliphatic heterocycles. The molecule has 0 bridgehead atoms. The number of nitrogens with one attached hydrogen (secondary N) is 1. The minimum Gasteiger partial charge on any atom is -0.396 e. The monoisotopic (exact) mass is 236 g/mol. The zero-order valence-electron chi connectivity index (χ0n) is 10.1. The average molecular weight is 236 g/mol. The highest BCUT2D eigenvalue weighted by Crippen LogP contribution is 2.35. The minimum atomic E-state index is 0.0194. The van der Waals surface area contributed by atoms with E-state index in [-0.39, 0.29) is 12.5 Å². The Morgan fingerprint density at radius 1 is 1.41 bits per heavy atom. The Hall–Kier alpha value is -1.29. The number of nitrogens with zero attached hydrogens (tertiary/aromatic N) is 1. The second kappa shape index (κ2) is 5.87. The quantitative estimate of drug-likeness (QED) is 0.708. The summed E-state index contributed by atoms with van der Waals surface area (Å²) in [5.74, 6) is 0.0194. The van der Waals surface area contributed by atoms with Crippen LogP contribution in [0, 0.1) is 0 Å². The molecular weight excluding hydrogens is 216 g/mol. The number of carbonyl (C=O) groups is 1. The number of unbranched alkanes of at least 4 members (excludes halogenated alkanes) is 2. The van der Waals surface area contributed by atoms with Crippen LogP contribution in [-0.2, 0) is 0 Å². The molecule has 1 aromatic rings. The summed E-state index contributed by atoms with van der Waals surface area (Å²) in [5.41, 5.74) is 0.773. The first kappa shape index (κ1) is 12.2. The number of aliphatic hydroxyl groups excluding tert-OH is 1. The Morgan fingerprint density at radius 2 is 2.24 bits per heavy atom. The minimum absolute atomic E-state index is 0.0194. The van der Waals surface area contributed by atoms with Gasteiger partial charge in [0.05, 0.1) is 0 Å². The van der Waals surface area contributed by atoms with Crippen molar-refractivity contribution in [2.24, 2.45) is 0 Å². The lowest BCUT2D eigenvalue weighted by molar-refractivity contribution is 0.0943. The van der Waals surface area contributed by atoms with E-state index in [1.54, 1.807) is 0 Å². The van der Waals surface area contributed by atoms with Gasteiger partial charge in [0.15, 0.2) is 0 Å². The Labute approximate surface area is 102 Å². The molecule has 2 N–H and O–H groups in total. The topological polar surface area (TPSA) is 54.3 Å². The van der Waals surface area contributed by atoms with Gasteiger partial charge in [-0.1, -0.05) is 0 Å². The maximum atomic E-state index is 11.9. The molecule has 94 valence electrons. The summed E-state index contributed by atoms with van der Waals surface area (Å²) in [6.07, 6.45) is 7.06. The number of aromatic nitrogens is 1. The van der Waals surface area contributed by atoms with Gasteiger partial charge in [0, 0.05) is 25.4 Å². The molecule has 1 fully saturated rings. The standard InChI is InChI=1S/C13H20N2O2/c16-10-3-1-2-8-14-13(17)12-5-4-9-15(12)11-6-7-11/h4-5,9,11,16H,1-3,6-8,10H2,(H,14,17). The largest absolute Gasteiger partial charge is 0.396 e. The first-order valence-electron chi connectivity index (χ1n) is 6.39. The molecule has 0 spiro atoms. The van der Waals surface area contributed by atoms with Crippen molar-refractivity contribution < 1.29 is 9.90 Å². The fraction of sp³-hybridized carbons (Fsp3) is 0.615. The third-order valence-electron chi connectivity index (χ3n) is 3.07. The second-order valence-corrected chi connectivity index (χ2v) is 4.57. The van der Waals surface area contributed by atoms with Crippen LogP contribution in [-0.4, -0.2) is 28.7 Å². The van der Waals surface area contributed by atoms with Gasteiger partial charge in [0.1, 0.15) is 5.69 Å². The SMILES string of the molecule is O=C(NCCCCCO)c1cccn1C1CC1. The molecule has 4 nitrogen and oxygen atoms in total. The maximum Gasteiger partial charge on any atom is 0.267 e. The molecule has 1 saturated carbocycles. The molecule has 4 heteroatoms. The summed E-state index contributed by atoms with van der Waals surface area (Å²) < 4.78 is 2.07. The zero-order valence-corrected chi connectivity index (χ0v) is 10.1. The van der Waals surface area contributed by atoms with Crippen molar-refractivity contribution in [3.63, 3.8) is 0 Å². The summed E-state index contributed by atoms with van der Waals surface area (Å²) in [5, 5.41) is 11.6. The predicted octanol–water partition coefficient (Wildman–Crippen LogP) is 1.72. The van der Waals surface area contributed by atoms with Gasteiger partial charge in [-0.3, -0.25) is 4.79 Å². The van der Waals surface area contributed by atoms with Crippen LogP contribution in [0.15, 0.2) is 18.3 Å². The van der Waals surface area contributed by atoms with Crippen LogP contribution in [0.2, 0.25) is 0 Å². The third-order valence-corrected chi connectivity index (χ3v) is 3.07. The molecule has 17 heavy (non-hydrogen) atoms. The molecule has 0 atom stereocenters. The fourth-order valence-electron chi connectivity index (χ4n) is 1.96. The molecule has 1 aliphatic carbocycles. The van der Waals surface area contributed by atoms with Crippen LogP contribution in [0.4, 0.5) is 0 Å². The lowest BCUT2D eigenvalue weighted by Crippen LogP contribution is -2.26. The van der Waals surface area contributed by atoms with E-state index in [0.717, 1.165) is 25.0 Å². The highest BCUT2D eigenvalue weighted by molar-refractivity contribution is 5.92. The molecule has 1 heterocycles. The number of hydrogen-bond acceptors (Lipinski definition) is 2. The van der Waals surface area contributed by atoms with E-state index in [9.17, 15) is 4.79 Å². The van der Waals surface area contributed by atoms with E-state index in [1.165, 1.54) is 12.8 Å². The van der Waals surface area contributed by atoms with Crippen molar-refractivity contribution in [1.29, 1.82) is 0 Å². The zero-order chi connectivity index (χ0) is 12.1. The summed E-state index contributed by atoms with van der Waals surface area (Å²) >= 11 is 0. The average Bonchev–Trinajstić information content (AvgIpc) is 3.06. The Kier molecular flexibility index (Phi) is 4.20. The summed E-state index contributed by atoms with van der Waals surface area (Å²) in [6, 6.07) is 4.35. The first-order chi connectivity index (χ1) is 8.33. The van der Waals surface area contributed by atoms with Gasteiger partial charge < -0.3 is 15.0 Å². The van der Waals surface area contributed by atoms with Crippen molar-refractivity contribution in [2.45, 2.75) is 38.1 Å². The molecule has 1 aromatic heterocycles. The second-order valence-electron chi connectivity index (χ2n) is 4.57. The number of hydrogen-bond donors (Lipinski definition) is 2. The summed E-state index contributed by atoms with van der Waals surface area (Å²) in [7, 11) is 0. The van der Waals surface area contributed by atoms with E-state index in [0.29, 0.717) is 12.6 Å². The van der Waals surface area contributed by atoms with Gasteiger partial charge in [0.2, 0.25) is 0 Å². The first-order valence-corrected chi connectivity index (χ1v) is 6.39. The smallest absolute Gasteiger partial charge is 0.267 e. The number of amides is 1. The molecule has 0 aromatic carbocycles. The van der Waals surface area contributed by atoms with Crippen LogP contribution < -0.4 is 5.32 Å². The van der Waals surface area contributed by atoms with Gasteiger partial charge in [0.25, 0.3) is 5.91 Å². The van der Waals surface area contributed by atoms with Crippen molar-refractivity contribution in [1.82, 2.24) is 9.88 Å². The van der Waals surface area contributed by atoms with E-state index in [4.69, 9.17) is 5.11 Å². The summed E-state index contributed by atoms with van der Waals surface area (Å²) in [6.45, 7) is 0.924. The molecule has 1 aliphatic rings. The van der Waals surface area contributed by atoms with Gasteiger partial charge in [-0.15, -0.1) is 0 Å². The van der Waals surface area contributed by atoms with Gasteiger partial charge in [-0.25, -0.2) is 0 Å². The van der Waals surface area contributed by atoms with Gasteiger partial charge >= 0.3 is 0 Å². The van der Waals surface area contributed by atoms with Crippen molar-refractivity contribution in [2.75, 3.05) is 13.2 Å². The van der Waals surface area contributed by atoms with Crippen LogP contribution in [0.1, 0.15) is 48.6 Å². The lowest BCUT2D eigenvalue weighted by Gasteiger charge is -2.08. The summed E-state index contributed by atoms with van der Waals surface area (Å²) in [4.78, 5) is 11.9. The third kappa shape index (κ3) is 3.33. The van der Waals surface area contributed by atoms with Gasteiger partial charge in [-0.05, 0) is 44.2 Å². The van der Waals surface area contributed by atoms with Crippen molar-refractivity contribution >= 4 is 5.91 Å². The molecule has 0 unspecified atom stereocenters. The highest BCUT2D eigenvalue weighted by atomic mass is 16.2.